The molecule has 0 aliphatic carbocycles. The summed E-state index contributed by atoms with van der Waals surface area (Å²) in [7, 11) is 0. The number of benzene rings is 1. The molecule has 1 aromatic rings. The molecular formula is C9H10ClNO. The van der Waals surface area contributed by atoms with Gasteiger partial charge in [-0.25, -0.2) is 0 Å². The number of nitrogens with zero attached hydrogens (tertiary/aromatic N) is 1. The molecule has 0 heterocycles. The standard InChI is InChI=1S/C9H10ClNO/c1-6-3-4-9(10)8(5-6)7(2)11-12/h3-5,12H,1-2H3/b11-7+. The van der Waals surface area contributed by atoms with Gasteiger partial charge in [-0.05, 0) is 26.0 Å². The van der Waals surface area contributed by atoms with E-state index in [4.69, 9.17) is 16.8 Å². The van der Waals surface area contributed by atoms with Crippen LogP contribution >= 0.6 is 11.6 Å². The molecular weight excluding hydrogens is 174 g/mol. The van der Waals surface area contributed by atoms with Crippen LogP contribution in [0.5, 0.6) is 0 Å². The van der Waals surface area contributed by atoms with E-state index in [2.05, 4.69) is 5.16 Å². The highest BCUT2D eigenvalue weighted by molar-refractivity contribution is 6.34. The summed E-state index contributed by atoms with van der Waals surface area (Å²) >= 11 is 5.88. The second-order valence-corrected chi connectivity index (χ2v) is 3.08. The fraction of sp³-hybridized carbons (Fsp3) is 0.222. The summed E-state index contributed by atoms with van der Waals surface area (Å²) in [6, 6.07) is 5.59. The summed E-state index contributed by atoms with van der Waals surface area (Å²) in [5.74, 6) is 0. The number of rotatable bonds is 1. The monoisotopic (exact) mass is 183 g/mol. The normalized spacial score (nSPS) is 11.8. The van der Waals surface area contributed by atoms with Crippen LogP contribution in [0, 0.1) is 6.92 Å². The van der Waals surface area contributed by atoms with E-state index < -0.39 is 0 Å². The highest BCUT2D eigenvalue weighted by Gasteiger charge is 2.03. The second kappa shape index (κ2) is 3.59. The molecule has 0 fully saturated rings. The van der Waals surface area contributed by atoms with Crippen molar-refractivity contribution in [2.24, 2.45) is 5.16 Å². The van der Waals surface area contributed by atoms with E-state index in [1.54, 1.807) is 13.0 Å². The maximum Gasteiger partial charge on any atom is 0.0851 e. The molecule has 1 rings (SSSR count). The highest BCUT2D eigenvalue weighted by atomic mass is 35.5. The van der Waals surface area contributed by atoms with Gasteiger partial charge in [-0.3, -0.25) is 0 Å². The van der Waals surface area contributed by atoms with Gasteiger partial charge in [-0.2, -0.15) is 0 Å². The average molecular weight is 184 g/mol. The molecule has 0 aliphatic rings. The molecule has 0 saturated heterocycles. The van der Waals surface area contributed by atoms with Gasteiger partial charge < -0.3 is 5.21 Å². The molecule has 0 atom stereocenters. The smallest absolute Gasteiger partial charge is 0.0851 e. The zero-order valence-electron chi connectivity index (χ0n) is 7.00. The minimum absolute atomic E-state index is 0.531. The third kappa shape index (κ3) is 1.77. The lowest BCUT2D eigenvalue weighted by Crippen LogP contribution is -1.95. The predicted molar refractivity (Wildman–Crippen MR) is 50.2 cm³/mol. The van der Waals surface area contributed by atoms with Crippen molar-refractivity contribution in [1.82, 2.24) is 0 Å². The van der Waals surface area contributed by atoms with Gasteiger partial charge in [0.15, 0.2) is 0 Å². The minimum atomic E-state index is 0.531. The molecule has 2 nitrogen and oxygen atoms in total. The number of halogens is 1. The second-order valence-electron chi connectivity index (χ2n) is 2.67. The van der Waals surface area contributed by atoms with Crippen LogP contribution in [0.25, 0.3) is 0 Å². The molecule has 0 unspecified atom stereocenters. The molecule has 0 amide bonds. The fourth-order valence-corrected chi connectivity index (χ4v) is 1.22. The van der Waals surface area contributed by atoms with Crippen molar-refractivity contribution in [3.05, 3.63) is 34.3 Å². The van der Waals surface area contributed by atoms with Gasteiger partial charge in [0.25, 0.3) is 0 Å². The molecule has 0 radical (unpaired) electrons. The molecule has 0 bridgehead atoms. The van der Waals surface area contributed by atoms with Crippen LogP contribution in [-0.2, 0) is 0 Å². The maximum atomic E-state index is 8.53. The highest BCUT2D eigenvalue weighted by Crippen LogP contribution is 2.17. The zero-order chi connectivity index (χ0) is 9.14. The predicted octanol–water partition coefficient (Wildman–Crippen LogP) is 2.85. The van der Waals surface area contributed by atoms with Crippen molar-refractivity contribution in [2.75, 3.05) is 0 Å². The summed E-state index contributed by atoms with van der Waals surface area (Å²) in [5, 5.41) is 12.2. The summed E-state index contributed by atoms with van der Waals surface area (Å²) in [6.07, 6.45) is 0. The van der Waals surface area contributed by atoms with Crippen LogP contribution in [0.15, 0.2) is 23.4 Å². The Balaban J connectivity index is 3.23. The molecule has 3 heteroatoms. The Labute approximate surface area is 76.5 Å². The first-order valence-corrected chi connectivity index (χ1v) is 3.98. The van der Waals surface area contributed by atoms with Crippen LogP contribution in [0.4, 0.5) is 0 Å². The summed E-state index contributed by atoms with van der Waals surface area (Å²) in [5.41, 5.74) is 2.40. The van der Waals surface area contributed by atoms with Crippen molar-refractivity contribution < 1.29 is 5.21 Å². The average Bonchev–Trinajstić information content (AvgIpc) is 2.08. The quantitative estimate of drug-likeness (QED) is 0.405. The lowest BCUT2D eigenvalue weighted by Gasteiger charge is -2.02. The van der Waals surface area contributed by atoms with E-state index in [0.29, 0.717) is 10.7 Å². The van der Waals surface area contributed by atoms with Crippen LogP contribution < -0.4 is 0 Å². The molecule has 64 valence electrons. The van der Waals surface area contributed by atoms with Gasteiger partial charge in [-0.15, -0.1) is 0 Å². The Bertz CT molecular complexity index is 320. The van der Waals surface area contributed by atoms with Crippen LogP contribution in [0.1, 0.15) is 18.1 Å². The first-order chi connectivity index (χ1) is 5.65. The summed E-state index contributed by atoms with van der Waals surface area (Å²) in [6.45, 7) is 3.67. The third-order valence-corrected chi connectivity index (χ3v) is 1.99. The number of oxime groups is 1. The SMILES string of the molecule is C/C(=N\O)c1cc(C)ccc1Cl. The lowest BCUT2D eigenvalue weighted by molar-refractivity contribution is 0.319. The Kier molecular flexibility index (Phi) is 2.71. The van der Waals surface area contributed by atoms with Crippen molar-refractivity contribution in [2.45, 2.75) is 13.8 Å². The number of aryl methyl sites for hydroxylation is 1. The lowest BCUT2D eigenvalue weighted by atomic mass is 10.1. The van der Waals surface area contributed by atoms with Gasteiger partial charge in [0.05, 0.1) is 5.71 Å². The molecule has 12 heavy (non-hydrogen) atoms. The first kappa shape index (κ1) is 9.07. The third-order valence-electron chi connectivity index (χ3n) is 1.66. The summed E-state index contributed by atoms with van der Waals surface area (Å²) in [4.78, 5) is 0. The Morgan fingerprint density at radius 2 is 2.17 bits per heavy atom. The summed E-state index contributed by atoms with van der Waals surface area (Å²) < 4.78 is 0. The number of hydrogen-bond acceptors (Lipinski definition) is 2. The molecule has 1 N–H and O–H groups in total. The zero-order valence-corrected chi connectivity index (χ0v) is 7.76. The van der Waals surface area contributed by atoms with Crippen LogP contribution in [0.2, 0.25) is 5.02 Å². The molecule has 1 aromatic carbocycles. The van der Waals surface area contributed by atoms with E-state index in [1.165, 1.54) is 0 Å². The Morgan fingerprint density at radius 1 is 1.50 bits per heavy atom. The van der Waals surface area contributed by atoms with E-state index in [0.717, 1.165) is 11.1 Å². The largest absolute Gasteiger partial charge is 0.411 e. The minimum Gasteiger partial charge on any atom is -0.411 e. The fourth-order valence-electron chi connectivity index (χ4n) is 0.970. The van der Waals surface area contributed by atoms with Gasteiger partial charge >= 0.3 is 0 Å². The van der Waals surface area contributed by atoms with Crippen molar-refractivity contribution in [3.8, 4) is 0 Å². The van der Waals surface area contributed by atoms with Gasteiger partial charge in [0.1, 0.15) is 0 Å². The van der Waals surface area contributed by atoms with Crippen molar-refractivity contribution in [1.29, 1.82) is 0 Å². The first-order valence-electron chi connectivity index (χ1n) is 3.60. The van der Waals surface area contributed by atoms with E-state index in [-0.39, 0.29) is 0 Å². The van der Waals surface area contributed by atoms with Gasteiger partial charge in [0.2, 0.25) is 0 Å². The van der Waals surface area contributed by atoms with E-state index >= 15 is 0 Å². The number of hydrogen-bond donors (Lipinski definition) is 1. The van der Waals surface area contributed by atoms with Gasteiger partial charge in [0, 0.05) is 10.6 Å². The van der Waals surface area contributed by atoms with E-state index in [1.807, 2.05) is 19.1 Å². The van der Waals surface area contributed by atoms with Crippen molar-refractivity contribution >= 4 is 17.3 Å². The van der Waals surface area contributed by atoms with Crippen molar-refractivity contribution in [3.63, 3.8) is 0 Å². The molecule has 0 aromatic heterocycles. The molecule has 0 saturated carbocycles. The van der Waals surface area contributed by atoms with Crippen LogP contribution in [0.3, 0.4) is 0 Å². The topological polar surface area (TPSA) is 32.6 Å². The maximum absolute atomic E-state index is 8.53. The van der Waals surface area contributed by atoms with Crippen LogP contribution in [-0.4, -0.2) is 10.9 Å². The van der Waals surface area contributed by atoms with E-state index in [9.17, 15) is 0 Å². The Hall–Kier alpha value is -1.02. The van der Waals surface area contributed by atoms with Gasteiger partial charge in [-0.1, -0.05) is 28.4 Å². The molecule has 0 spiro atoms. The molecule has 0 aliphatic heterocycles. The Morgan fingerprint density at radius 3 is 2.75 bits per heavy atom.